The van der Waals surface area contributed by atoms with Gasteiger partial charge >= 0.3 is 0 Å². The van der Waals surface area contributed by atoms with Crippen molar-refractivity contribution in [1.82, 2.24) is 5.32 Å². The van der Waals surface area contributed by atoms with Gasteiger partial charge in [0.1, 0.15) is 30.5 Å². The normalized spacial score (nSPS) is 23.2. The molecule has 1 aliphatic heterocycles. The molecule has 0 aromatic carbocycles. The minimum atomic E-state index is -1.56. The van der Waals surface area contributed by atoms with Crippen LogP contribution in [0.4, 0.5) is 0 Å². The summed E-state index contributed by atoms with van der Waals surface area (Å²) in [6.07, 6.45) is 22.7. The standard InChI is InChI=1S/C38H75NO8S/c1-3-5-6-7-8-9-10-11-12-13-14-15-16-17-18-19-20-21-22-23-24-25-26-27-33(48)39-30(34(42)31(41)4-2)29-46-38-37(45)36(44)35(43)32(28-40)47-38/h30-32,34-38,40-45H,3-29H2,1-2H3,(H,39,48)/t30-,31+,32?,34-,35?,36?,37?,38?/m0/s1. The van der Waals surface area contributed by atoms with Gasteiger partial charge in [0.05, 0.1) is 30.3 Å². The maximum Gasteiger partial charge on any atom is 0.186 e. The van der Waals surface area contributed by atoms with Gasteiger partial charge in [-0.05, 0) is 19.3 Å². The number of aliphatic hydroxyl groups excluding tert-OH is 6. The van der Waals surface area contributed by atoms with Gasteiger partial charge in [-0.2, -0.15) is 0 Å². The first kappa shape index (κ1) is 45.6. The molecular weight excluding hydrogens is 630 g/mol. The minimum absolute atomic E-state index is 0.180. The van der Waals surface area contributed by atoms with Gasteiger partial charge in [0.15, 0.2) is 6.29 Å². The largest absolute Gasteiger partial charge is 0.394 e. The molecule has 10 heteroatoms. The Labute approximate surface area is 298 Å². The van der Waals surface area contributed by atoms with E-state index in [1.54, 1.807) is 6.92 Å². The van der Waals surface area contributed by atoms with Crippen LogP contribution < -0.4 is 5.32 Å². The van der Waals surface area contributed by atoms with Crippen LogP contribution in [-0.2, 0) is 9.47 Å². The van der Waals surface area contributed by atoms with Gasteiger partial charge in [-0.3, -0.25) is 0 Å². The van der Waals surface area contributed by atoms with Crippen LogP contribution in [0.2, 0.25) is 0 Å². The Balaban J connectivity index is 2.06. The Morgan fingerprint density at radius 1 is 0.646 bits per heavy atom. The summed E-state index contributed by atoms with van der Waals surface area (Å²) in [5, 5.41) is 63.7. The molecule has 1 rings (SSSR count). The lowest BCUT2D eigenvalue weighted by atomic mass is 9.99. The molecule has 1 aliphatic rings. The molecule has 9 nitrogen and oxygen atoms in total. The van der Waals surface area contributed by atoms with Gasteiger partial charge in [-0.1, -0.05) is 167 Å². The third-order valence-electron chi connectivity index (χ3n) is 9.87. The Morgan fingerprint density at radius 3 is 1.46 bits per heavy atom. The van der Waals surface area contributed by atoms with Crippen molar-refractivity contribution >= 4 is 17.2 Å². The summed E-state index contributed by atoms with van der Waals surface area (Å²) in [6.45, 7) is 3.29. The van der Waals surface area contributed by atoms with Gasteiger partial charge in [-0.25, -0.2) is 0 Å². The van der Waals surface area contributed by atoms with Crippen LogP contribution in [0.5, 0.6) is 0 Å². The molecule has 1 fully saturated rings. The van der Waals surface area contributed by atoms with Crippen molar-refractivity contribution < 1.29 is 40.1 Å². The summed E-state index contributed by atoms with van der Waals surface area (Å²) >= 11 is 5.52. The summed E-state index contributed by atoms with van der Waals surface area (Å²) in [6, 6.07) is -0.774. The zero-order valence-electron chi connectivity index (χ0n) is 30.6. The number of unbranched alkanes of at least 4 members (excludes halogenated alkanes) is 22. The van der Waals surface area contributed by atoms with Gasteiger partial charge in [-0.15, -0.1) is 0 Å². The molecule has 7 N–H and O–H groups in total. The number of thiocarbonyl (C=S) groups is 1. The summed E-state index contributed by atoms with van der Waals surface area (Å²) in [5.74, 6) is 0. The molecule has 1 saturated heterocycles. The molecule has 286 valence electrons. The molecule has 0 aromatic rings. The second kappa shape index (κ2) is 30.2. The van der Waals surface area contributed by atoms with Crippen LogP contribution >= 0.6 is 12.2 Å². The van der Waals surface area contributed by atoms with Crippen molar-refractivity contribution in [3.8, 4) is 0 Å². The summed E-state index contributed by atoms with van der Waals surface area (Å²) < 4.78 is 11.0. The van der Waals surface area contributed by atoms with E-state index in [9.17, 15) is 30.6 Å². The number of rotatable bonds is 32. The van der Waals surface area contributed by atoms with E-state index in [0.717, 1.165) is 12.8 Å². The van der Waals surface area contributed by atoms with Crippen molar-refractivity contribution in [2.24, 2.45) is 0 Å². The first-order chi connectivity index (χ1) is 23.3. The van der Waals surface area contributed by atoms with Crippen LogP contribution in [0.15, 0.2) is 0 Å². The second-order valence-electron chi connectivity index (χ2n) is 14.2. The van der Waals surface area contributed by atoms with E-state index in [0.29, 0.717) is 17.8 Å². The second-order valence-corrected chi connectivity index (χ2v) is 14.7. The Bertz CT molecular complexity index is 747. The van der Waals surface area contributed by atoms with Gasteiger partial charge in [0.2, 0.25) is 0 Å². The molecule has 1 heterocycles. The highest BCUT2D eigenvalue weighted by Crippen LogP contribution is 2.23. The van der Waals surface area contributed by atoms with Gasteiger partial charge in [0, 0.05) is 0 Å². The fourth-order valence-electron chi connectivity index (χ4n) is 6.49. The predicted octanol–water partition coefficient (Wildman–Crippen LogP) is 6.60. The van der Waals surface area contributed by atoms with E-state index in [-0.39, 0.29) is 6.61 Å². The van der Waals surface area contributed by atoms with Crippen molar-refractivity contribution in [3.05, 3.63) is 0 Å². The number of aliphatic hydroxyl groups is 6. The smallest absolute Gasteiger partial charge is 0.186 e. The number of nitrogens with one attached hydrogen (secondary N) is 1. The lowest BCUT2D eigenvalue weighted by molar-refractivity contribution is -0.303. The Hall–Kier alpha value is -0.430. The topological polar surface area (TPSA) is 152 Å². The van der Waals surface area contributed by atoms with Crippen LogP contribution in [0.25, 0.3) is 0 Å². The molecule has 5 unspecified atom stereocenters. The number of hydrogen-bond acceptors (Lipinski definition) is 9. The molecular formula is C38H75NO8S. The number of ether oxygens (including phenoxy) is 2. The quantitative estimate of drug-likeness (QED) is 0.0301. The van der Waals surface area contributed by atoms with Gasteiger partial charge < -0.3 is 45.4 Å². The van der Waals surface area contributed by atoms with Crippen molar-refractivity contribution in [2.45, 2.75) is 223 Å². The first-order valence-electron chi connectivity index (χ1n) is 19.8. The van der Waals surface area contributed by atoms with Crippen molar-refractivity contribution in [1.29, 1.82) is 0 Å². The van der Waals surface area contributed by atoms with E-state index >= 15 is 0 Å². The lowest BCUT2D eigenvalue weighted by Crippen LogP contribution is -2.60. The Morgan fingerprint density at radius 2 is 1.06 bits per heavy atom. The summed E-state index contributed by atoms with van der Waals surface area (Å²) in [4.78, 5) is 0.559. The molecule has 0 radical (unpaired) electrons. The molecule has 48 heavy (non-hydrogen) atoms. The molecule has 8 atom stereocenters. The molecule has 0 aromatic heterocycles. The van der Waals surface area contributed by atoms with E-state index in [2.05, 4.69) is 12.2 Å². The number of hydrogen-bond donors (Lipinski definition) is 7. The third kappa shape index (κ3) is 21.1. The highest BCUT2D eigenvalue weighted by atomic mass is 32.1. The maximum atomic E-state index is 10.7. The van der Waals surface area contributed by atoms with Gasteiger partial charge in [0.25, 0.3) is 0 Å². The molecule has 0 spiro atoms. The SMILES string of the molecule is CCCCCCCCCCCCCCCCCCCCCCCCCC(=S)N[C@@H](COC1OC(CO)C(O)C(O)C1O)[C@H](O)[C@H](O)CC. The zero-order chi connectivity index (χ0) is 35.4. The van der Waals surface area contributed by atoms with E-state index in [1.165, 1.54) is 135 Å². The van der Waals surface area contributed by atoms with Crippen LogP contribution in [0.3, 0.4) is 0 Å². The van der Waals surface area contributed by atoms with Crippen molar-refractivity contribution in [3.63, 3.8) is 0 Å². The Kier molecular flexibility index (Phi) is 28.7. The highest BCUT2D eigenvalue weighted by Gasteiger charge is 2.44. The van der Waals surface area contributed by atoms with E-state index < -0.39 is 55.6 Å². The molecule has 0 aliphatic carbocycles. The average molecular weight is 706 g/mol. The van der Waals surface area contributed by atoms with E-state index in [1.807, 2.05) is 0 Å². The minimum Gasteiger partial charge on any atom is -0.394 e. The zero-order valence-corrected chi connectivity index (χ0v) is 31.4. The van der Waals surface area contributed by atoms with Crippen LogP contribution in [-0.4, -0.2) is 97.8 Å². The lowest BCUT2D eigenvalue weighted by Gasteiger charge is -2.40. The van der Waals surface area contributed by atoms with Crippen LogP contribution in [0, 0.1) is 0 Å². The van der Waals surface area contributed by atoms with Crippen molar-refractivity contribution in [2.75, 3.05) is 13.2 Å². The fraction of sp³-hybridized carbons (Fsp3) is 0.974. The summed E-state index contributed by atoms with van der Waals surface area (Å²) in [5.41, 5.74) is 0. The average Bonchev–Trinajstić information content (AvgIpc) is 3.09. The monoisotopic (exact) mass is 706 g/mol. The maximum absolute atomic E-state index is 10.7. The van der Waals surface area contributed by atoms with E-state index in [4.69, 9.17) is 21.7 Å². The molecule has 0 amide bonds. The summed E-state index contributed by atoms with van der Waals surface area (Å²) in [7, 11) is 0. The molecule has 0 bridgehead atoms. The van der Waals surface area contributed by atoms with Crippen LogP contribution in [0.1, 0.15) is 174 Å². The third-order valence-corrected chi connectivity index (χ3v) is 10.2. The fourth-order valence-corrected chi connectivity index (χ4v) is 6.78. The first-order valence-corrected chi connectivity index (χ1v) is 20.2. The predicted molar refractivity (Wildman–Crippen MR) is 198 cm³/mol. The molecule has 0 saturated carbocycles. The highest BCUT2D eigenvalue weighted by molar-refractivity contribution is 7.80.